The van der Waals surface area contributed by atoms with Gasteiger partial charge in [0.2, 0.25) is 12.2 Å². The van der Waals surface area contributed by atoms with Crippen LogP contribution < -0.4 is 11.1 Å². The van der Waals surface area contributed by atoms with Crippen LogP contribution in [0.15, 0.2) is 4.99 Å². The van der Waals surface area contributed by atoms with Crippen molar-refractivity contribution in [2.45, 2.75) is 13.0 Å². The van der Waals surface area contributed by atoms with Gasteiger partial charge in [-0.2, -0.15) is 5.26 Å². The summed E-state index contributed by atoms with van der Waals surface area (Å²) in [6, 6.07) is -0.169. The number of nitriles is 1. The van der Waals surface area contributed by atoms with Crippen molar-refractivity contribution in [3.63, 3.8) is 0 Å². The number of nitrogens with two attached hydrogens (primary N) is 1. The second-order valence-electron chi connectivity index (χ2n) is 1.83. The van der Waals surface area contributed by atoms with Crippen molar-refractivity contribution < 1.29 is 5.11 Å². The van der Waals surface area contributed by atoms with E-state index < -0.39 is 0 Å². The van der Waals surface area contributed by atoms with E-state index in [1.54, 1.807) is 6.92 Å². The van der Waals surface area contributed by atoms with E-state index in [4.69, 9.17) is 16.1 Å². The van der Waals surface area contributed by atoms with Gasteiger partial charge in [0.15, 0.2) is 0 Å². The highest BCUT2D eigenvalue weighted by atomic mass is 16.3. The van der Waals surface area contributed by atoms with Crippen LogP contribution in [-0.2, 0) is 0 Å². The van der Waals surface area contributed by atoms with Gasteiger partial charge in [-0.1, -0.05) is 0 Å². The van der Waals surface area contributed by atoms with Crippen LogP contribution in [-0.4, -0.2) is 23.7 Å². The Bertz CT molecular complexity index is 160. The van der Waals surface area contributed by atoms with E-state index in [1.807, 2.05) is 0 Å². The normalized spacial score (nSPS) is 13.9. The molecule has 0 aromatic heterocycles. The standard InChI is InChI=1S/C5H10N4O/c1-4(2-10)9-5(7)8-3-6/h4,10H,2H2,1H3,(H3,7,8,9)/t4-/m0/s1. The Balaban J connectivity index is 3.70. The average Bonchev–Trinajstić information content (AvgIpc) is 1.88. The first-order valence-corrected chi connectivity index (χ1v) is 2.80. The molecule has 0 bridgehead atoms. The van der Waals surface area contributed by atoms with Crippen molar-refractivity contribution in [1.82, 2.24) is 5.32 Å². The number of aliphatic hydroxyl groups is 1. The topological polar surface area (TPSA) is 94.4 Å². The predicted octanol–water partition coefficient (Wildman–Crippen LogP) is -1.25. The smallest absolute Gasteiger partial charge is 0.209 e. The molecule has 0 radical (unpaired) electrons. The van der Waals surface area contributed by atoms with Gasteiger partial charge in [-0.25, -0.2) is 0 Å². The molecule has 4 N–H and O–H groups in total. The summed E-state index contributed by atoms with van der Waals surface area (Å²) >= 11 is 0. The Kier molecular flexibility index (Phi) is 4.00. The Morgan fingerprint density at radius 2 is 2.60 bits per heavy atom. The van der Waals surface area contributed by atoms with Gasteiger partial charge in [-0.15, -0.1) is 4.99 Å². The fourth-order valence-corrected chi connectivity index (χ4v) is 0.384. The molecule has 5 nitrogen and oxygen atoms in total. The van der Waals surface area contributed by atoms with E-state index in [0.29, 0.717) is 0 Å². The summed E-state index contributed by atoms with van der Waals surface area (Å²) in [6.07, 6.45) is 1.52. The van der Waals surface area contributed by atoms with Crippen LogP contribution in [0.5, 0.6) is 0 Å². The molecule has 0 aromatic rings. The third-order valence-corrected chi connectivity index (χ3v) is 0.839. The molecule has 0 aromatic carbocycles. The first kappa shape index (κ1) is 8.72. The van der Waals surface area contributed by atoms with Crippen molar-refractivity contribution in [3.05, 3.63) is 0 Å². The predicted molar refractivity (Wildman–Crippen MR) is 36.9 cm³/mol. The summed E-state index contributed by atoms with van der Waals surface area (Å²) in [7, 11) is 0. The molecule has 0 aliphatic rings. The van der Waals surface area contributed by atoms with Crippen molar-refractivity contribution in [1.29, 1.82) is 5.26 Å². The van der Waals surface area contributed by atoms with Crippen LogP contribution in [0.3, 0.4) is 0 Å². The van der Waals surface area contributed by atoms with Gasteiger partial charge in [-0.05, 0) is 6.92 Å². The molecule has 0 saturated heterocycles. The van der Waals surface area contributed by atoms with E-state index in [-0.39, 0.29) is 18.6 Å². The molecule has 0 aliphatic heterocycles. The number of hydrogen-bond donors (Lipinski definition) is 3. The Morgan fingerprint density at radius 1 is 2.00 bits per heavy atom. The number of aliphatic imine (C=N–C) groups is 1. The molecular formula is C5H10N4O. The van der Waals surface area contributed by atoms with Crippen LogP contribution in [0.4, 0.5) is 0 Å². The summed E-state index contributed by atoms with van der Waals surface area (Å²) in [5.74, 6) is 0.0315. The molecule has 0 spiro atoms. The molecule has 56 valence electrons. The second kappa shape index (κ2) is 4.58. The third kappa shape index (κ3) is 3.69. The lowest BCUT2D eigenvalue weighted by Crippen LogP contribution is -2.40. The maximum absolute atomic E-state index is 8.50. The number of hydrogen-bond acceptors (Lipinski definition) is 3. The number of rotatable bonds is 2. The average molecular weight is 142 g/mol. The van der Waals surface area contributed by atoms with E-state index in [1.165, 1.54) is 6.19 Å². The lowest BCUT2D eigenvalue weighted by molar-refractivity contribution is 0.264. The van der Waals surface area contributed by atoms with Gasteiger partial charge in [0, 0.05) is 6.04 Å². The van der Waals surface area contributed by atoms with Crippen molar-refractivity contribution in [2.75, 3.05) is 6.61 Å². The van der Waals surface area contributed by atoms with Crippen LogP contribution in [0.1, 0.15) is 6.92 Å². The molecule has 0 aliphatic carbocycles. The van der Waals surface area contributed by atoms with E-state index in [0.717, 1.165) is 0 Å². The largest absolute Gasteiger partial charge is 0.394 e. The van der Waals surface area contributed by atoms with Gasteiger partial charge in [0.1, 0.15) is 0 Å². The molecule has 5 heteroatoms. The SMILES string of the molecule is C[C@@H](CO)N/C(N)=N\C#N. The summed E-state index contributed by atoms with van der Waals surface area (Å²) < 4.78 is 0. The van der Waals surface area contributed by atoms with Gasteiger partial charge in [-0.3, -0.25) is 0 Å². The Labute approximate surface area is 59.2 Å². The first-order valence-electron chi connectivity index (χ1n) is 2.80. The van der Waals surface area contributed by atoms with E-state index >= 15 is 0 Å². The highest BCUT2D eigenvalue weighted by Crippen LogP contribution is 1.75. The summed E-state index contributed by atoms with van der Waals surface area (Å²) in [5.41, 5.74) is 5.17. The molecule has 0 rings (SSSR count). The highest BCUT2D eigenvalue weighted by molar-refractivity contribution is 5.78. The summed E-state index contributed by atoms with van der Waals surface area (Å²) in [6.45, 7) is 1.68. The minimum absolute atomic E-state index is 0.0315. The summed E-state index contributed by atoms with van der Waals surface area (Å²) in [4.78, 5) is 3.19. The molecular weight excluding hydrogens is 132 g/mol. The molecule has 0 unspecified atom stereocenters. The first-order chi connectivity index (χ1) is 4.70. The van der Waals surface area contributed by atoms with Crippen LogP contribution in [0, 0.1) is 11.5 Å². The maximum atomic E-state index is 8.50. The van der Waals surface area contributed by atoms with E-state index in [9.17, 15) is 0 Å². The molecule has 0 amide bonds. The van der Waals surface area contributed by atoms with Gasteiger partial charge < -0.3 is 16.2 Å². The lowest BCUT2D eigenvalue weighted by atomic mass is 10.4. The number of nitrogens with zero attached hydrogens (tertiary/aromatic N) is 2. The fourth-order valence-electron chi connectivity index (χ4n) is 0.384. The number of guanidine groups is 1. The molecule has 0 heterocycles. The molecule has 10 heavy (non-hydrogen) atoms. The maximum Gasteiger partial charge on any atom is 0.209 e. The highest BCUT2D eigenvalue weighted by Gasteiger charge is 1.98. The molecule has 0 saturated carbocycles. The third-order valence-electron chi connectivity index (χ3n) is 0.839. The quantitative estimate of drug-likeness (QED) is 0.255. The second-order valence-corrected chi connectivity index (χ2v) is 1.83. The monoisotopic (exact) mass is 142 g/mol. The molecule has 1 atom stereocenters. The minimum atomic E-state index is -0.169. The van der Waals surface area contributed by atoms with Crippen LogP contribution in [0.2, 0.25) is 0 Å². The number of nitrogens with one attached hydrogen (secondary N) is 1. The fraction of sp³-hybridized carbons (Fsp3) is 0.600. The number of aliphatic hydroxyl groups excluding tert-OH is 1. The minimum Gasteiger partial charge on any atom is -0.394 e. The van der Waals surface area contributed by atoms with Crippen molar-refractivity contribution >= 4 is 5.96 Å². The Morgan fingerprint density at radius 3 is 3.00 bits per heavy atom. The summed E-state index contributed by atoms with van der Waals surface area (Å²) in [5, 5.41) is 19.1. The van der Waals surface area contributed by atoms with Crippen LogP contribution in [0.25, 0.3) is 0 Å². The van der Waals surface area contributed by atoms with Gasteiger partial charge in [0.05, 0.1) is 6.61 Å². The van der Waals surface area contributed by atoms with Crippen LogP contribution >= 0.6 is 0 Å². The zero-order chi connectivity index (χ0) is 7.98. The zero-order valence-electron chi connectivity index (χ0n) is 5.70. The Hall–Kier alpha value is -1.28. The van der Waals surface area contributed by atoms with Crippen molar-refractivity contribution in [3.8, 4) is 6.19 Å². The van der Waals surface area contributed by atoms with E-state index in [2.05, 4.69) is 10.3 Å². The van der Waals surface area contributed by atoms with Gasteiger partial charge >= 0.3 is 0 Å². The lowest BCUT2D eigenvalue weighted by Gasteiger charge is -2.08. The zero-order valence-corrected chi connectivity index (χ0v) is 5.70. The molecule has 0 fully saturated rings. The van der Waals surface area contributed by atoms with Crippen molar-refractivity contribution in [2.24, 2.45) is 10.7 Å². The van der Waals surface area contributed by atoms with Gasteiger partial charge in [0.25, 0.3) is 0 Å².